The van der Waals surface area contributed by atoms with E-state index in [4.69, 9.17) is 0 Å². The summed E-state index contributed by atoms with van der Waals surface area (Å²) in [7, 11) is 0. The van der Waals surface area contributed by atoms with E-state index >= 15 is 0 Å². The predicted octanol–water partition coefficient (Wildman–Crippen LogP) is 0.938. The van der Waals surface area contributed by atoms with E-state index in [1.54, 1.807) is 0 Å². The molecule has 1 saturated heterocycles. The van der Waals surface area contributed by atoms with E-state index in [0.717, 1.165) is 5.82 Å². The maximum absolute atomic E-state index is 13.4. The minimum absolute atomic E-state index is 0.00985. The highest BCUT2D eigenvalue weighted by molar-refractivity contribution is 4.94. The summed E-state index contributed by atoms with van der Waals surface area (Å²) in [4.78, 5) is 6.19. The number of halogens is 1. The molecule has 0 aromatic carbocycles. The molecule has 2 atom stereocenters. The molecule has 2 heterocycles. The van der Waals surface area contributed by atoms with Crippen molar-refractivity contribution in [2.24, 2.45) is 0 Å². The Kier molecular flexibility index (Phi) is 3.68. The first-order valence-electron chi connectivity index (χ1n) is 6.30. The van der Waals surface area contributed by atoms with Crippen LogP contribution in [0, 0.1) is 0 Å². The van der Waals surface area contributed by atoms with Crippen molar-refractivity contribution in [1.29, 1.82) is 0 Å². The predicted molar refractivity (Wildman–Crippen MR) is 65.8 cm³/mol. The van der Waals surface area contributed by atoms with E-state index < -0.39 is 6.17 Å². The Balaban J connectivity index is 2.12. The van der Waals surface area contributed by atoms with Gasteiger partial charge in [0, 0.05) is 12.6 Å². The van der Waals surface area contributed by atoms with Crippen molar-refractivity contribution in [3.8, 4) is 0 Å². The first-order chi connectivity index (χ1) is 8.41. The first-order valence-corrected chi connectivity index (χ1v) is 6.30. The monoisotopic (exact) mass is 256 g/mol. The van der Waals surface area contributed by atoms with Gasteiger partial charge in [-0.1, -0.05) is 0 Å². The summed E-state index contributed by atoms with van der Waals surface area (Å²) in [5, 5.41) is 13.5. The molecule has 0 unspecified atom stereocenters. The molecule has 6 heteroatoms. The fourth-order valence-corrected chi connectivity index (χ4v) is 2.42. The molecule has 1 aromatic rings. The van der Waals surface area contributed by atoms with Crippen LogP contribution in [-0.2, 0) is 12.1 Å². The van der Waals surface area contributed by atoms with Crippen molar-refractivity contribution in [1.82, 2.24) is 19.7 Å². The second-order valence-electron chi connectivity index (χ2n) is 5.86. The van der Waals surface area contributed by atoms with Gasteiger partial charge in [0.2, 0.25) is 0 Å². The minimum Gasteiger partial charge on any atom is -0.395 e. The van der Waals surface area contributed by atoms with Gasteiger partial charge in [-0.2, -0.15) is 5.10 Å². The largest absolute Gasteiger partial charge is 0.395 e. The number of rotatable bonds is 3. The Bertz CT molecular complexity index is 401. The molecular weight excluding hydrogens is 235 g/mol. The van der Waals surface area contributed by atoms with Crippen molar-refractivity contribution < 1.29 is 9.50 Å². The topological polar surface area (TPSA) is 54.2 Å². The summed E-state index contributed by atoms with van der Waals surface area (Å²) >= 11 is 0. The Morgan fingerprint density at radius 3 is 2.83 bits per heavy atom. The molecule has 1 aromatic heterocycles. The lowest BCUT2D eigenvalue weighted by Gasteiger charge is -2.25. The molecule has 1 N–H and O–H groups in total. The van der Waals surface area contributed by atoms with Crippen LogP contribution in [-0.4, -0.2) is 50.1 Å². The standard InChI is InChI=1S/C12H21FN4O/c1-12(2,3)17-11(14-8-15-17)6-16-5-9(13)4-10(16)7-18/h8-10,18H,4-7H2,1-3H3/t9-,10-/m0/s1. The van der Waals surface area contributed by atoms with Gasteiger partial charge in [-0.15, -0.1) is 0 Å². The lowest BCUT2D eigenvalue weighted by Crippen LogP contribution is -2.35. The Morgan fingerprint density at radius 1 is 1.50 bits per heavy atom. The number of aliphatic hydroxyl groups is 1. The van der Waals surface area contributed by atoms with Crippen molar-refractivity contribution in [2.75, 3.05) is 13.2 Å². The zero-order chi connectivity index (χ0) is 13.3. The van der Waals surface area contributed by atoms with Crippen molar-refractivity contribution in [3.05, 3.63) is 12.2 Å². The van der Waals surface area contributed by atoms with Crippen LogP contribution in [0.3, 0.4) is 0 Å². The highest BCUT2D eigenvalue weighted by Gasteiger charge is 2.33. The van der Waals surface area contributed by atoms with Gasteiger partial charge in [0.25, 0.3) is 0 Å². The third kappa shape index (κ3) is 2.70. The van der Waals surface area contributed by atoms with E-state index in [0.29, 0.717) is 19.5 Å². The summed E-state index contributed by atoms with van der Waals surface area (Å²) < 4.78 is 15.2. The van der Waals surface area contributed by atoms with Gasteiger partial charge in [-0.25, -0.2) is 14.1 Å². The van der Waals surface area contributed by atoms with E-state index in [-0.39, 0.29) is 18.2 Å². The van der Waals surface area contributed by atoms with E-state index in [9.17, 15) is 9.50 Å². The van der Waals surface area contributed by atoms with E-state index in [1.165, 1.54) is 6.33 Å². The van der Waals surface area contributed by atoms with Gasteiger partial charge in [-0.05, 0) is 27.2 Å². The molecule has 5 nitrogen and oxygen atoms in total. The summed E-state index contributed by atoms with van der Waals surface area (Å²) in [5.41, 5.74) is -0.143. The molecule has 0 radical (unpaired) electrons. The second-order valence-corrected chi connectivity index (χ2v) is 5.86. The molecular formula is C12H21FN4O. The third-order valence-electron chi connectivity index (χ3n) is 3.29. The average molecular weight is 256 g/mol. The maximum Gasteiger partial charge on any atom is 0.141 e. The maximum atomic E-state index is 13.4. The third-order valence-corrected chi connectivity index (χ3v) is 3.29. The van der Waals surface area contributed by atoms with Crippen molar-refractivity contribution >= 4 is 0 Å². The number of likely N-dealkylation sites (tertiary alicyclic amines) is 1. The smallest absolute Gasteiger partial charge is 0.141 e. The lowest BCUT2D eigenvalue weighted by atomic mass is 10.1. The zero-order valence-electron chi connectivity index (χ0n) is 11.2. The molecule has 102 valence electrons. The van der Waals surface area contributed by atoms with Crippen LogP contribution in [0.5, 0.6) is 0 Å². The Morgan fingerprint density at radius 2 is 2.22 bits per heavy atom. The van der Waals surface area contributed by atoms with Crippen molar-refractivity contribution in [3.63, 3.8) is 0 Å². The summed E-state index contributed by atoms with van der Waals surface area (Å²) in [6.45, 7) is 7.04. The van der Waals surface area contributed by atoms with Gasteiger partial charge in [0.15, 0.2) is 0 Å². The molecule has 1 aliphatic heterocycles. The molecule has 18 heavy (non-hydrogen) atoms. The van der Waals surface area contributed by atoms with Crippen LogP contribution in [0.15, 0.2) is 6.33 Å². The molecule has 2 rings (SSSR count). The van der Waals surface area contributed by atoms with Crippen LogP contribution >= 0.6 is 0 Å². The van der Waals surface area contributed by atoms with Crippen molar-refractivity contribution in [2.45, 2.75) is 51.5 Å². The fraction of sp³-hybridized carbons (Fsp3) is 0.833. The summed E-state index contributed by atoms with van der Waals surface area (Å²) in [5.74, 6) is 0.815. The van der Waals surface area contributed by atoms with Gasteiger partial charge in [-0.3, -0.25) is 4.90 Å². The Hall–Kier alpha value is -1.01. The number of aliphatic hydroxyl groups excluding tert-OH is 1. The summed E-state index contributed by atoms with van der Waals surface area (Å²) in [6.07, 6.45) is 1.07. The quantitative estimate of drug-likeness (QED) is 0.874. The molecule has 0 amide bonds. The second kappa shape index (κ2) is 4.93. The van der Waals surface area contributed by atoms with Crippen LogP contribution in [0.1, 0.15) is 33.0 Å². The normalized spacial score (nSPS) is 25.8. The number of alkyl halides is 1. The van der Waals surface area contributed by atoms with Gasteiger partial charge < -0.3 is 5.11 Å². The lowest BCUT2D eigenvalue weighted by molar-refractivity contribution is 0.146. The number of hydrogen-bond acceptors (Lipinski definition) is 4. The molecule has 1 aliphatic rings. The van der Waals surface area contributed by atoms with Crippen LogP contribution in [0.4, 0.5) is 4.39 Å². The first kappa shape index (κ1) is 13.4. The number of nitrogens with zero attached hydrogens (tertiary/aromatic N) is 4. The van der Waals surface area contributed by atoms with Crippen LogP contribution in [0.2, 0.25) is 0 Å². The molecule has 0 saturated carbocycles. The zero-order valence-corrected chi connectivity index (χ0v) is 11.2. The van der Waals surface area contributed by atoms with Gasteiger partial charge in [0.05, 0.1) is 18.7 Å². The highest BCUT2D eigenvalue weighted by atomic mass is 19.1. The molecule has 0 spiro atoms. The highest BCUT2D eigenvalue weighted by Crippen LogP contribution is 2.23. The summed E-state index contributed by atoms with van der Waals surface area (Å²) in [6, 6.07) is -0.106. The average Bonchev–Trinajstić information content (AvgIpc) is 2.84. The van der Waals surface area contributed by atoms with E-state index in [1.807, 2.05) is 9.58 Å². The van der Waals surface area contributed by atoms with Gasteiger partial charge in [0.1, 0.15) is 18.3 Å². The number of hydrogen-bond donors (Lipinski definition) is 1. The minimum atomic E-state index is -0.854. The van der Waals surface area contributed by atoms with Crippen LogP contribution < -0.4 is 0 Å². The number of aromatic nitrogens is 3. The van der Waals surface area contributed by atoms with Crippen LogP contribution in [0.25, 0.3) is 0 Å². The fourth-order valence-electron chi connectivity index (χ4n) is 2.42. The Labute approximate surface area is 107 Å². The molecule has 1 fully saturated rings. The molecule has 0 aliphatic carbocycles. The SMILES string of the molecule is CC(C)(C)n1ncnc1CN1C[C@@H](F)C[C@H]1CO. The van der Waals surface area contributed by atoms with Gasteiger partial charge >= 0.3 is 0 Å². The molecule has 0 bridgehead atoms. The van der Waals surface area contributed by atoms with E-state index in [2.05, 4.69) is 30.9 Å².